The fourth-order valence-electron chi connectivity index (χ4n) is 8.67. The van der Waals surface area contributed by atoms with Gasteiger partial charge in [-0.2, -0.15) is 0 Å². The smallest absolute Gasteiger partial charge is 0.0803 e. The van der Waals surface area contributed by atoms with Crippen LogP contribution >= 0.6 is 0 Å². The summed E-state index contributed by atoms with van der Waals surface area (Å²) in [5, 5.41) is 2.34. The second-order valence-corrected chi connectivity index (χ2v) is 14.1. The highest BCUT2D eigenvalue weighted by Crippen LogP contribution is 2.54. The van der Waals surface area contributed by atoms with E-state index in [1.54, 1.807) is 0 Å². The molecule has 0 N–H and O–H groups in total. The Morgan fingerprint density at radius 1 is 0.537 bits per heavy atom. The van der Waals surface area contributed by atoms with Crippen LogP contribution in [0.4, 0.5) is 17.1 Å². The van der Waals surface area contributed by atoms with Crippen molar-refractivity contribution in [3.05, 3.63) is 187 Å². The monoisotopic (exact) mass is 690 g/mol. The standard InChI is InChI=1S/C50H34N4/c1-2-18-36(19-3-1)54-45-28-10-6-23-40(45)47-39-22-5-9-27-44(39)53(46-29-11-7-24-41(46)50(47)54)37-20-13-16-34(32-37)33-15-12-17-35(31-33)48-42-25-14-30-51-49(42)38-21-4-8-26-43(38)52-48/h1-3,5-20,22-32H,4,21H2. The van der Waals surface area contributed by atoms with Crippen molar-refractivity contribution >= 4 is 44.9 Å². The van der Waals surface area contributed by atoms with Crippen LogP contribution in [0, 0.1) is 0 Å². The van der Waals surface area contributed by atoms with E-state index in [0.717, 1.165) is 74.6 Å². The highest BCUT2D eigenvalue weighted by atomic mass is 15.2. The Kier molecular flexibility index (Phi) is 6.96. The molecule has 4 heteroatoms. The molecule has 0 amide bonds. The van der Waals surface area contributed by atoms with Crippen LogP contribution in [0.3, 0.4) is 0 Å². The first-order valence-corrected chi connectivity index (χ1v) is 18.6. The molecule has 4 heterocycles. The summed E-state index contributed by atoms with van der Waals surface area (Å²) >= 11 is 0. The first kappa shape index (κ1) is 30.6. The molecule has 3 aromatic heterocycles. The molecule has 0 atom stereocenters. The van der Waals surface area contributed by atoms with Gasteiger partial charge in [-0.05, 0) is 90.7 Å². The van der Waals surface area contributed by atoms with Crippen molar-refractivity contribution in [1.29, 1.82) is 0 Å². The molecule has 6 aromatic carbocycles. The molecular formula is C50H34N4. The summed E-state index contributed by atoms with van der Waals surface area (Å²) in [6, 6.07) is 59.2. The first-order chi connectivity index (χ1) is 26.8. The maximum Gasteiger partial charge on any atom is 0.0803 e. The maximum absolute atomic E-state index is 5.23. The Morgan fingerprint density at radius 2 is 1.22 bits per heavy atom. The van der Waals surface area contributed by atoms with E-state index in [9.17, 15) is 0 Å². The normalized spacial score (nSPS) is 12.9. The largest absolute Gasteiger partial charge is 0.309 e. The molecule has 0 saturated carbocycles. The molecule has 4 nitrogen and oxygen atoms in total. The van der Waals surface area contributed by atoms with Crippen molar-refractivity contribution in [3.63, 3.8) is 0 Å². The van der Waals surface area contributed by atoms with Gasteiger partial charge in [-0.1, -0.05) is 109 Å². The fraction of sp³-hybridized carbons (Fsp3) is 0.0400. The lowest BCUT2D eigenvalue weighted by molar-refractivity contribution is 0.973. The lowest BCUT2D eigenvalue weighted by Gasteiger charge is -2.28. The Bertz CT molecular complexity index is 2950. The number of para-hydroxylation sites is 4. The van der Waals surface area contributed by atoms with E-state index < -0.39 is 0 Å². The number of rotatable bonds is 4. The second-order valence-electron chi connectivity index (χ2n) is 14.1. The van der Waals surface area contributed by atoms with Crippen LogP contribution < -0.4 is 4.90 Å². The summed E-state index contributed by atoms with van der Waals surface area (Å²) < 4.78 is 2.44. The number of aromatic nitrogens is 3. The molecular weight excluding hydrogens is 657 g/mol. The van der Waals surface area contributed by atoms with E-state index in [-0.39, 0.29) is 0 Å². The fourth-order valence-corrected chi connectivity index (χ4v) is 8.67. The summed E-state index contributed by atoms with van der Waals surface area (Å²) in [5.74, 6) is 0. The summed E-state index contributed by atoms with van der Waals surface area (Å²) in [7, 11) is 0. The summed E-state index contributed by atoms with van der Waals surface area (Å²) in [6.45, 7) is 0. The van der Waals surface area contributed by atoms with E-state index in [0.29, 0.717) is 0 Å². The van der Waals surface area contributed by atoms with Crippen molar-refractivity contribution in [3.8, 4) is 50.5 Å². The van der Waals surface area contributed by atoms with Gasteiger partial charge in [0.2, 0.25) is 0 Å². The Hall–Kier alpha value is -7.04. The highest BCUT2D eigenvalue weighted by Gasteiger charge is 2.31. The highest BCUT2D eigenvalue weighted by molar-refractivity contribution is 6.13. The Balaban J connectivity index is 1.10. The van der Waals surface area contributed by atoms with Gasteiger partial charge in [0.05, 0.1) is 39.5 Å². The van der Waals surface area contributed by atoms with Crippen LogP contribution in [-0.2, 0) is 6.42 Å². The van der Waals surface area contributed by atoms with Crippen LogP contribution in [0.25, 0.3) is 78.3 Å². The third-order valence-electron chi connectivity index (χ3n) is 11.0. The van der Waals surface area contributed by atoms with Crippen LogP contribution in [-0.4, -0.2) is 14.5 Å². The first-order valence-electron chi connectivity index (χ1n) is 18.6. The second kappa shape index (κ2) is 12.3. The average molecular weight is 691 g/mol. The summed E-state index contributed by atoms with van der Waals surface area (Å²) in [5.41, 5.74) is 18.2. The zero-order chi connectivity index (χ0) is 35.6. The number of hydrogen-bond acceptors (Lipinski definition) is 3. The van der Waals surface area contributed by atoms with Gasteiger partial charge in [-0.3, -0.25) is 4.98 Å². The van der Waals surface area contributed by atoms with E-state index in [1.165, 1.54) is 38.9 Å². The van der Waals surface area contributed by atoms with Gasteiger partial charge < -0.3 is 9.47 Å². The van der Waals surface area contributed by atoms with Gasteiger partial charge in [0.15, 0.2) is 0 Å². The minimum Gasteiger partial charge on any atom is -0.309 e. The summed E-state index contributed by atoms with van der Waals surface area (Å²) in [4.78, 5) is 12.5. The minimum atomic E-state index is 0.970. The number of hydrogen-bond donors (Lipinski definition) is 0. The molecule has 0 unspecified atom stereocenters. The van der Waals surface area contributed by atoms with Gasteiger partial charge in [0, 0.05) is 56.2 Å². The van der Waals surface area contributed by atoms with Gasteiger partial charge in [-0.15, -0.1) is 0 Å². The molecule has 0 bridgehead atoms. The van der Waals surface area contributed by atoms with Crippen LogP contribution in [0.15, 0.2) is 176 Å². The van der Waals surface area contributed by atoms with Crippen molar-refractivity contribution in [2.24, 2.45) is 0 Å². The molecule has 0 spiro atoms. The number of benzene rings is 6. The molecule has 0 saturated heterocycles. The number of anilines is 3. The number of pyridine rings is 2. The number of aryl methyl sites for hydroxylation is 1. The predicted octanol–water partition coefficient (Wildman–Crippen LogP) is 13.0. The third-order valence-corrected chi connectivity index (χ3v) is 11.0. The quantitative estimate of drug-likeness (QED) is 0.184. The maximum atomic E-state index is 5.23. The molecule has 9 aromatic rings. The zero-order valence-corrected chi connectivity index (χ0v) is 29.5. The predicted molar refractivity (Wildman–Crippen MR) is 224 cm³/mol. The molecule has 0 fully saturated rings. The van der Waals surface area contributed by atoms with E-state index in [2.05, 4.69) is 179 Å². The van der Waals surface area contributed by atoms with Gasteiger partial charge in [-0.25, -0.2) is 4.98 Å². The zero-order valence-electron chi connectivity index (χ0n) is 29.5. The lowest BCUT2D eigenvalue weighted by atomic mass is 9.95. The Labute approximate surface area is 314 Å². The minimum absolute atomic E-state index is 0.970. The summed E-state index contributed by atoms with van der Waals surface area (Å²) in [6.07, 6.45) is 8.26. The molecule has 11 rings (SSSR count). The van der Waals surface area contributed by atoms with Crippen LogP contribution in [0.1, 0.15) is 17.7 Å². The van der Waals surface area contributed by atoms with Gasteiger partial charge in [0.25, 0.3) is 0 Å². The average Bonchev–Trinajstić information content (AvgIpc) is 3.53. The lowest BCUT2D eigenvalue weighted by Crippen LogP contribution is -2.11. The Morgan fingerprint density at radius 3 is 2.11 bits per heavy atom. The van der Waals surface area contributed by atoms with Crippen molar-refractivity contribution in [2.75, 3.05) is 4.90 Å². The van der Waals surface area contributed by atoms with E-state index in [1.807, 2.05) is 12.3 Å². The topological polar surface area (TPSA) is 34.0 Å². The van der Waals surface area contributed by atoms with E-state index >= 15 is 0 Å². The van der Waals surface area contributed by atoms with E-state index in [4.69, 9.17) is 9.97 Å². The molecule has 254 valence electrons. The SMILES string of the molecule is C1=Cc2nc(-c3cccc(-c4cccc(N5c6ccccc6-c6c(n(-c7ccccc7)c7ccccc67)-c6ccccc65)c4)c3)c3cccnc3c2CC1. The van der Waals surface area contributed by atoms with Gasteiger partial charge >= 0.3 is 0 Å². The van der Waals surface area contributed by atoms with Crippen molar-refractivity contribution < 1.29 is 0 Å². The van der Waals surface area contributed by atoms with Gasteiger partial charge in [0.1, 0.15) is 0 Å². The number of allylic oxidation sites excluding steroid dienone is 1. The third kappa shape index (κ3) is 4.70. The number of nitrogens with zero attached hydrogens (tertiary/aromatic N) is 4. The van der Waals surface area contributed by atoms with Crippen LogP contribution in [0.5, 0.6) is 0 Å². The number of fused-ring (bicyclic) bond motifs is 10. The molecule has 2 aliphatic rings. The molecule has 0 radical (unpaired) electrons. The van der Waals surface area contributed by atoms with Crippen molar-refractivity contribution in [2.45, 2.75) is 12.8 Å². The van der Waals surface area contributed by atoms with Crippen LogP contribution in [0.2, 0.25) is 0 Å². The van der Waals surface area contributed by atoms with Crippen molar-refractivity contribution in [1.82, 2.24) is 14.5 Å². The molecule has 1 aliphatic heterocycles. The molecule has 54 heavy (non-hydrogen) atoms. The molecule has 1 aliphatic carbocycles.